The molecule has 3 N–H and O–H groups in total. The molecule has 3 heterocycles. The number of benzene rings is 4. The van der Waals surface area contributed by atoms with Crippen molar-refractivity contribution in [3.63, 3.8) is 0 Å². The molecule has 4 aromatic rings. The molecule has 88 heavy (non-hydrogen) atoms. The standard InChI is InChI=1S/C25H36FN3O.C24H34FN3O.C23H27F2N3O/c1-5-6-7-8-21-20(17-9-11-19(26)12-10-17)16-29(28-21)23(30)27-22-15-18-13-14-25(22,4)24(18,2)3;1-5-6-10-21-19(16-8-7-9-18(25)11-16)14-28(27-21)23(29)26-22-13-17-12-20(15(22)2)24(17,3)4;1-4-5-9-21-20(16-7-6-8-19(25)14-16)15-28(27-21)22(29)26-23(2,3)17-10-12-18(24)13-11-17/h9-12,18,20,22H,5-8,13-16H2,1-4H3,(H,27,30);7-9,11,15,17,19-20,22H,5-6,10,12-14H2,1-4H3,(H,26,29);6-8,10-14,20H,4-5,9,15H2,1-3H3,(H,26,29)/t18-,20?,22+,25+;15-,17+,19?,20-,22-;/m10./s1. The van der Waals surface area contributed by atoms with Crippen LogP contribution in [0.5, 0.6) is 0 Å². The van der Waals surface area contributed by atoms with Gasteiger partial charge in [-0.15, -0.1) is 0 Å². The van der Waals surface area contributed by atoms with Gasteiger partial charge in [-0.1, -0.05) is 137 Å². The number of nitrogens with one attached hydrogen (secondary N) is 3. The summed E-state index contributed by atoms with van der Waals surface area (Å²) < 4.78 is 54.2. The minimum Gasteiger partial charge on any atom is -0.333 e. The van der Waals surface area contributed by atoms with Crippen LogP contribution in [0, 0.1) is 63.2 Å². The monoisotopic (exact) mass is 1210 g/mol. The first-order valence-corrected chi connectivity index (χ1v) is 32.9. The summed E-state index contributed by atoms with van der Waals surface area (Å²) in [6.07, 6.45) is 15.8. The van der Waals surface area contributed by atoms with Crippen molar-refractivity contribution >= 4 is 35.2 Å². The second-order valence-electron chi connectivity index (χ2n) is 28.2. The quantitative estimate of drug-likeness (QED) is 0.0718. The molecule has 0 aromatic heterocycles. The van der Waals surface area contributed by atoms with E-state index in [2.05, 4.69) is 88.5 Å². The number of fused-ring (bicyclic) bond motifs is 4. The number of halogens is 4. The minimum atomic E-state index is -0.694. The zero-order chi connectivity index (χ0) is 63.3. The van der Waals surface area contributed by atoms with E-state index >= 15 is 0 Å². The van der Waals surface area contributed by atoms with Gasteiger partial charge in [0.2, 0.25) is 0 Å². The van der Waals surface area contributed by atoms with E-state index in [1.165, 1.54) is 66.7 Å². The second kappa shape index (κ2) is 27.7. The van der Waals surface area contributed by atoms with Crippen LogP contribution in [0.2, 0.25) is 0 Å². The number of hydrogen-bond acceptors (Lipinski definition) is 6. The molecule has 16 heteroatoms. The molecule has 10 atom stereocenters. The highest BCUT2D eigenvalue weighted by atomic mass is 19.1. The first-order valence-electron chi connectivity index (χ1n) is 32.9. The van der Waals surface area contributed by atoms with Crippen LogP contribution in [0.4, 0.5) is 31.9 Å². The van der Waals surface area contributed by atoms with E-state index < -0.39 is 5.54 Å². The van der Waals surface area contributed by atoms with Gasteiger partial charge in [-0.2, -0.15) is 15.3 Å². The zero-order valence-corrected chi connectivity index (χ0v) is 54.1. The van der Waals surface area contributed by atoms with Gasteiger partial charge in [0.25, 0.3) is 0 Å². The lowest BCUT2D eigenvalue weighted by Crippen LogP contribution is -2.61. The van der Waals surface area contributed by atoms with Crippen molar-refractivity contribution in [2.75, 3.05) is 19.6 Å². The van der Waals surface area contributed by atoms with E-state index in [0.717, 1.165) is 116 Å². The largest absolute Gasteiger partial charge is 0.338 e. The average molecular weight is 1210 g/mol. The molecule has 5 aliphatic carbocycles. The number of rotatable bonds is 17. The molecule has 12 rings (SSSR count). The summed E-state index contributed by atoms with van der Waals surface area (Å²) in [6, 6.07) is 25.8. The van der Waals surface area contributed by atoms with E-state index in [1.54, 1.807) is 40.3 Å². The highest BCUT2D eigenvalue weighted by molar-refractivity contribution is 5.96. The summed E-state index contributed by atoms with van der Waals surface area (Å²) in [5, 5.41) is 28.2. The van der Waals surface area contributed by atoms with Crippen molar-refractivity contribution in [3.05, 3.63) is 143 Å². The summed E-state index contributed by atoms with van der Waals surface area (Å²) in [5.41, 5.74) is 6.63. The summed E-state index contributed by atoms with van der Waals surface area (Å²) in [7, 11) is 0. The number of carbonyl (C=O) groups is 3. The molecule has 4 aromatic carbocycles. The third kappa shape index (κ3) is 14.4. The van der Waals surface area contributed by atoms with E-state index in [4.69, 9.17) is 5.10 Å². The SMILES string of the molecule is CCCCC1=NN(C(=O)NC(C)(C)c2ccc(F)cc2)CC1c1cccc(F)c1.CCCCC1=NN(C(=O)N[C@H]2C[C@H]3C[C@@H]([C@@H]2C)C3(C)C)CC1c1cccc(F)c1.CCCCCC1=NN(C(=O)N[C@H]2C[C@H]3CC[C@]2(C)C3(C)C)CC1c1ccc(F)cc1. The molecular formula is C72H97F4N9O3. The Morgan fingerprint density at radius 2 is 1.03 bits per heavy atom. The van der Waals surface area contributed by atoms with Crippen LogP contribution >= 0.6 is 0 Å². The average Bonchev–Trinajstić information content (AvgIpc) is 2.08. The van der Waals surface area contributed by atoms with Crippen LogP contribution in [0.25, 0.3) is 0 Å². The van der Waals surface area contributed by atoms with Crippen LogP contribution in [0.15, 0.2) is 112 Å². The molecule has 0 spiro atoms. The molecule has 0 saturated heterocycles. The second-order valence-corrected chi connectivity index (χ2v) is 28.2. The van der Waals surface area contributed by atoms with Crippen molar-refractivity contribution < 1.29 is 31.9 Å². The predicted octanol–water partition coefficient (Wildman–Crippen LogP) is 17.2. The fraction of sp³-hybridized carbons (Fsp3) is 0.583. The van der Waals surface area contributed by atoms with E-state index in [-0.39, 0.29) is 82.0 Å². The van der Waals surface area contributed by atoms with E-state index in [9.17, 15) is 31.9 Å². The van der Waals surface area contributed by atoms with Crippen molar-refractivity contribution in [1.82, 2.24) is 31.0 Å². The Bertz CT molecular complexity index is 3180. The molecule has 5 fully saturated rings. The summed E-state index contributed by atoms with van der Waals surface area (Å²) in [6.45, 7) is 25.6. The molecule has 0 radical (unpaired) electrons. The van der Waals surface area contributed by atoms with Gasteiger partial charge < -0.3 is 16.0 Å². The lowest BCUT2D eigenvalue weighted by Gasteiger charge is -2.62. The highest BCUT2D eigenvalue weighted by Crippen LogP contribution is 2.65. The van der Waals surface area contributed by atoms with E-state index in [1.807, 2.05) is 38.1 Å². The van der Waals surface area contributed by atoms with Crippen molar-refractivity contribution in [3.8, 4) is 0 Å². The molecule has 6 amide bonds. The van der Waals surface area contributed by atoms with Gasteiger partial charge >= 0.3 is 18.1 Å². The molecule has 8 aliphatic rings. The van der Waals surface area contributed by atoms with Crippen LogP contribution < -0.4 is 16.0 Å². The first kappa shape index (κ1) is 65.9. The number of amides is 6. The molecule has 3 aliphatic heterocycles. The van der Waals surface area contributed by atoms with Crippen molar-refractivity contribution in [2.45, 2.75) is 208 Å². The summed E-state index contributed by atoms with van der Waals surface area (Å²) >= 11 is 0. The van der Waals surface area contributed by atoms with Crippen molar-refractivity contribution in [1.29, 1.82) is 0 Å². The number of nitrogens with zero attached hydrogens (tertiary/aromatic N) is 6. The van der Waals surface area contributed by atoms with Gasteiger partial charge in [-0.25, -0.2) is 47.0 Å². The maximum atomic E-state index is 13.8. The molecule has 5 saturated carbocycles. The number of hydrazone groups is 3. The Balaban J connectivity index is 0.000000157. The Morgan fingerprint density at radius 3 is 1.49 bits per heavy atom. The van der Waals surface area contributed by atoms with Crippen LogP contribution in [0.3, 0.4) is 0 Å². The lowest BCUT2D eigenvalue weighted by atomic mass is 9.45. The normalized spacial score (nSPS) is 27.1. The summed E-state index contributed by atoms with van der Waals surface area (Å²) in [4.78, 5) is 39.1. The Morgan fingerprint density at radius 1 is 0.557 bits per heavy atom. The predicted molar refractivity (Wildman–Crippen MR) is 344 cm³/mol. The van der Waals surface area contributed by atoms with Gasteiger partial charge in [0, 0.05) is 47.0 Å². The maximum Gasteiger partial charge on any atom is 0.338 e. The molecular weight excluding hydrogens is 1110 g/mol. The smallest absolute Gasteiger partial charge is 0.333 e. The van der Waals surface area contributed by atoms with Gasteiger partial charge in [0.1, 0.15) is 23.3 Å². The van der Waals surface area contributed by atoms with E-state index in [0.29, 0.717) is 48.7 Å². The first-order chi connectivity index (χ1) is 41.9. The van der Waals surface area contributed by atoms with Gasteiger partial charge in [-0.3, -0.25) is 0 Å². The summed E-state index contributed by atoms with van der Waals surface area (Å²) in [5.74, 6) is 1.41. The third-order valence-electron chi connectivity index (χ3n) is 21.8. The molecule has 3 unspecified atom stereocenters. The van der Waals surface area contributed by atoms with Crippen LogP contribution in [0.1, 0.15) is 212 Å². The Labute approximate surface area is 521 Å². The number of carbonyl (C=O) groups excluding carboxylic acids is 3. The number of hydrogen-bond donors (Lipinski definition) is 3. The maximum absolute atomic E-state index is 13.8. The van der Waals surface area contributed by atoms with Crippen molar-refractivity contribution in [2.24, 2.45) is 55.2 Å². The fourth-order valence-electron chi connectivity index (χ4n) is 15.5. The van der Waals surface area contributed by atoms with Gasteiger partial charge in [-0.05, 0) is 195 Å². The number of unbranched alkanes of at least 4 members (excludes halogenated alkanes) is 4. The molecule has 12 nitrogen and oxygen atoms in total. The zero-order valence-electron chi connectivity index (χ0n) is 54.1. The molecule has 476 valence electrons. The topological polar surface area (TPSA) is 134 Å². The Hall–Kier alpha value is -6.58. The minimum absolute atomic E-state index is 0.0147. The highest BCUT2D eigenvalue weighted by Gasteiger charge is 2.62. The van der Waals surface area contributed by atoms with Gasteiger partial charge in [0.05, 0.1) is 25.2 Å². The Kier molecular flexibility index (Phi) is 20.7. The van der Waals surface area contributed by atoms with Crippen LogP contribution in [-0.4, -0.2) is 82.0 Å². The van der Waals surface area contributed by atoms with Crippen LogP contribution in [-0.2, 0) is 5.54 Å². The van der Waals surface area contributed by atoms with Gasteiger partial charge in [0.15, 0.2) is 0 Å². The lowest BCUT2D eigenvalue weighted by molar-refractivity contribution is -0.113. The third-order valence-corrected chi connectivity index (χ3v) is 21.8. The fourth-order valence-corrected chi connectivity index (χ4v) is 15.5. The number of urea groups is 3. The molecule has 4 bridgehead atoms.